The van der Waals surface area contributed by atoms with Gasteiger partial charge in [0.25, 0.3) is 0 Å². The van der Waals surface area contributed by atoms with Crippen molar-refractivity contribution in [2.45, 2.75) is 26.3 Å². The number of aryl methyl sites for hydroxylation is 1. The van der Waals surface area contributed by atoms with Gasteiger partial charge >= 0.3 is 0 Å². The monoisotopic (exact) mass is 424 g/mol. The highest BCUT2D eigenvalue weighted by Gasteiger charge is 2.31. The zero-order valence-electron chi connectivity index (χ0n) is 16.2. The van der Waals surface area contributed by atoms with Crippen molar-refractivity contribution in [1.82, 2.24) is 5.32 Å². The molecular formula is C20H25ClN2O4S. The lowest BCUT2D eigenvalue weighted by molar-refractivity contribution is -0.122. The number of carbonyl (C=O) groups excluding carboxylic acids is 1. The highest BCUT2D eigenvalue weighted by molar-refractivity contribution is 7.92. The number of amides is 1. The number of sulfonamides is 1. The van der Waals surface area contributed by atoms with E-state index in [-0.39, 0.29) is 19.1 Å². The van der Waals surface area contributed by atoms with E-state index in [1.54, 1.807) is 31.2 Å². The molecule has 1 amide bonds. The summed E-state index contributed by atoms with van der Waals surface area (Å²) in [6, 6.07) is 13.1. The van der Waals surface area contributed by atoms with Gasteiger partial charge in [-0.1, -0.05) is 36.2 Å². The molecule has 1 N–H and O–H groups in total. The van der Waals surface area contributed by atoms with Gasteiger partial charge in [-0.05, 0) is 49.7 Å². The lowest BCUT2D eigenvalue weighted by Crippen LogP contribution is -2.50. The summed E-state index contributed by atoms with van der Waals surface area (Å²) in [5, 5.41) is 3.24. The number of rotatable bonds is 9. The van der Waals surface area contributed by atoms with Gasteiger partial charge < -0.3 is 10.1 Å². The van der Waals surface area contributed by atoms with E-state index in [4.69, 9.17) is 16.3 Å². The Morgan fingerprint density at radius 2 is 1.75 bits per heavy atom. The van der Waals surface area contributed by atoms with Gasteiger partial charge in [0.05, 0.1) is 18.5 Å². The second-order valence-corrected chi connectivity index (χ2v) is 8.71. The van der Waals surface area contributed by atoms with Gasteiger partial charge in [0.2, 0.25) is 15.9 Å². The lowest BCUT2D eigenvalue weighted by Gasteiger charge is -2.30. The van der Waals surface area contributed by atoms with E-state index >= 15 is 0 Å². The average molecular weight is 425 g/mol. The van der Waals surface area contributed by atoms with Crippen molar-refractivity contribution < 1.29 is 17.9 Å². The van der Waals surface area contributed by atoms with Crippen molar-refractivity contribution in [3.63, 3.8) is 0 Å². The summed E-state index contributed by atoms with van der Waals surface area (Å²) >= 11 is 5.89. The van der Waals surface area contributed by atoms with Gasteiger partial charge in [0.15, 0.2) is 0 Å². The fourth-order valence-corrected chi connectivity index (χ4v) is 4.08. The first-order chi connectivity index (χ1) is 13.2. The van der Waals surface area contributed by atoms with Gasteiger partial charge in [-0.2, -0.15) is 0 Å². The van der Waals surface area contributed by atoms with E-state index in [1.807, 2.05) is 31.2 Å². The summed E-state index contributed by atoms with van der Waals surface area (Å²) in [5.74, 6) is 0.334. The zero-order chi connectivity index (χ0) is 20.7. The zero-order valence-corrected chi connectivity index (χ0v) is 17.8. The maximum Gasteiger partial charge on any atom is 0.244 e. The predicted octanol–water partition coefficient (Wildman–Crippen LogP) is 3.39. The maximum atomic E-state index is 12.7. The van der Waals surface area contributed by atoms with Gasteiger partial charge in [0.1, 0.15) is 18.4 Å². The van der Waals surface area contributed by atoms with Crippen LogP contribution in [0.2, 0.25) is 5.02 Å². The highest BCUT2D eigenvalue weighted by Crippen LogP contribution is 2.24. The smallest absolute Gasteiger partial charge is 0.244 e. The maximum absolute atomic E-state index is 12.7. The van der Waals surface area contributed by atoms with Crippen molar-refractivity contribution >= 4 is 33.2 Å². The van der Waals surface area contributed by atoms with E-state index in [0.29, 0.717) is 22.9 Å². The minimum atomic E-state index is -3.67. The number of halogens is 1. The molecule has 1 unspecified atom stereocenters. The van der Waals surface area contributed by atoms with Crippen LogP contribution in [0.4, 0.5) is 5.69 Å². The third-order valence-electron chi connectivity index (χ3n) is 4.10. The number of nitrogens with zero attached hydrogens (tertiary/aromatic N) is 1. The molecule has 0 saturated carbocycles. The molecule has 1 atom stereocenters. The molecule has 28 heavy (non-hydrogen) atoms. The fraction of sp³-hybridized carbons (Fsp3) is 0.350. The predicted molar refractivity (Wildman–Crippen MR) is 113 cm³/mol. The van der Waals surface area contributed by atoms with Crippen LogP contribution in [-0.2, 0) is 14.8 Å². The second kappa shape index (κ2) is 9.80. The van der Waals surface area contributed by atoms with Crippen molar-refractivity contribution in [3.8, 4) is 5.75 Å². The first kappa shape index (κ1) is 22.0. The molecule has 2 rings (SSSR count). The van der Waals surface area contributed by atoms with Crippen molar-refractivity contribution in [2.24, 2.45) is 0 Å². The molecule has 152 valence electrons. The number of ether oxygens (including phenoxy) is 1. The SMILES string of the molecule is CCC(C(=O)NCCOc1ccc(C)cc1)N(c1ccc(Cl)cc1)S(C)(=O)=O. The number of nitrogens with one attached hydrogen (secondary N) is 1. The van der Waals surface area contributed by atoms with E-state index in [1.165, 1.54) is 0 Å². The van der Waals surface area contributed by atoms with Crippen molar-refractivity contribution in [1.29, 1.82) is 0 Å². The molecule has 2 aromatic carbocycles. The third kappa shape index (κ3) is 6.14. The van der Waals surface area contributed by atoms with Crippen molar-refractivity contribution in [2.75, 3.05) is 23.7 Å². The standard InChI is InChI=1S/C20H25ClN2O4S/c1-4-19(23(28(3,25)26)17-9-7-16(21)8-10-17)20(24)22-13-14-27-18-11-5-15(2)6-12-18/h5-12,19H,4,13-14H2,1-3H3,(H,22,24). The molecule has 0 radical (unpaired) electrons. The Kier molecular flexibility index (Phi) is 7.71. The molecule has 0 aliphatic carbocycles. The topological polar surface area (TPSA) is 75.7 Å². The van der Waals surface area contributed by atoms with E-state index in [2.05, 4.69) is 5.32 Å². The minimum absolute atomic E-state index is 0.265. The molecule has 0 aliphatic heterocycles. The lowest BCUT2D eigenvalue weighted by atomic mass is 10.2. The first-order valence-electron chi connectivity index (χ1n) is 8.94. The molecule has 2 aromatic rings. The Hall–Kier alpha value is -2.25. The summed E-state index contributed by atoms with van der Waals surface area (Å²) in [7, 11) is -3.67. The van der Waals surface area contributed by atoms with E-state index in [0.717, 1.165) is 16.1 Å². The quantitative estimate of drug-likeness (QED) is 0.626. The highest BCUT2D eigenvalue weighted by atomic mass is 35.5. The van der Waals surface area contributed by atoms with Crippen LogP contribution in [0.1, 0.15) is 18.9 Å². The summed E-state index contributed by atoms with van der Waals surface area (Å²) in [5.41, 5.74) is 1.53. The molecule has 0 fully saturated rings. The third-order valence-corrected chi connectivity index (χ3v) is 5.53. The van der Waals surface area contributed by atoms with Gasteiger partial charge in [-0.3, -0.25) is 9.10 Å². The number of benzene rings is 2. The molecule has 0 heterocycles. The molecular weight excluding hydrogens is 400 g/mol. The number of hydrogen-bond acceptors (Lipinski definition) is 4. The van der Waals surface area contributed by atoms with Gasteiger partial charge in [0, 0.05) is 5.02 Å². The van der Waals surface area contributed by atoms with Crippen LogP contribution in [0.25, 0.3) is 0 Å². The first-order valence-corrected chi connectivity index (χ1v) is 11.2. The van der Waals surface area contributed by atoms with Crippen LogP contribution >= 0.6 is 11.6 Å². The summed E-state index contributed by atoms with van der Waals surface area (Å²) < 4.78 is 31.4. The van der Waals surface area contributed by atoms with Gasteiger partial charge in [-0.15, -0.1) is 0 Å². The second-order valence-electron chi connectivity index (χ2n) is 6.41. The Morgan fingerprint density at radius 3 is 2.29 bits per heavy atom. The van der Waals surface area contributed by atoms with Gasteiger partial charge in [-0.25, -0.2) is 8.42 Å². The van der Waals surface area contributed by atoms with Crippen LogP contribution < -0.4 is 14.4 Å². The normalized spacial score (nSPS) is 12.3. The van der Waals surface area contributed by atoms with E-state index in [9.17, 15) is 13.2 Å². The molecule has 0 aromatic heterocycles. The van der Waals surface area contributed by atoms with Crippen LogP contribution in [0.5, 0.6) is 5.75 Å². The molecule has 0 bridgehead atoms. The minimum Gasteiger partial charge on any atom is -0.492 e. The van der Waals surface area contributed by atoms with Crippen LogP contribution in [0.15, 0.2) is 48.5 Å². The summed E-state index contributed by atoms with van der Waals surface area (Å²) in [6.07, 6.45) is 1.40. The number of hydrogen-bond donors (Lipinski definition) is 1. The molecule has 0 aliphatic rings. The molecule has 0 spiro atoms. The Morgan fingerprint density at radius 1 is 1.14 bits per heavy atom. The fourth-order valence-electron chi connectivity index (χ4n) is 2.74. The van der Waals surface area contributed by atoms with Crippen LogP contribution in [-0.4, -0.2) is 39.8 Å². The van der Waals surface area contributed by atoms with Crippen LogP contribution in [0, 0.1) is 6.92 Å². The summed E-state index contributed by atoms with van der Waals surface area (Å²) in [6.45, 7) is 4.30. The summed E-state index contributed by atoms with van der Waals surface area (Å²) in [4.78, 5) is 12.7. The molecule has 8 heteroatoms. The number of carbonyl (C=O) groups is 1. The van der Waals surface area contributed by atoms with Crippen LogP contribution in [0.3, 0.4) is 0 Å². The Balaban J connectivity index is 2.02. The molecule has 0 saturated heterocycles. The molecule has 6 nitrogen and oxygen atoms in total. The Labute approximate surface area is 171 Å². The Bertz CT molecular complexity index is 883. The average Bonchev–Trinajstić information content (AvgIpc) is 2.64. The van der Waals surface area contributed by atoms with Crippen molar-refractivity contribution in [3.05, 3.63) is 59.1 Å². The largest absolute Gasteiger partial charge is 0.492 e. The number of anilines is 1. The van der Waals surface area contributed by atoms with E-state index < -0.39 is 16.1 Å².